The zero-order valence-electron chi connectivity index (χ0n) is 10.1. The van der Waals surface area contributed by atoms with Crippen LogP contribution in [0.5, 0.6) is 0 Å². The molecule has 0 saturated heterocycles. The molecule has 1 aromatic carbocycles. The maximum absolute atomic E-state index is 11.0. The molecule has 0 heterocycles. The second kappa shape index (κ2) is 5.32. The quantitative estimate of drug-likeness (QED) is 0.468. The monoisotopic (exact) mass is 376 g/mol. The molecule has 102 valence electrons. The first-order chi connectivity index (χ1) is 8.92. The molecule has 0 aromatic heterocycles. The normalized spacial score (nSPS) is 16.5. The lowest BCUT2D eigenvalue weighted by Gasteiger charge is -2.42. The molecule has 1 fully saturated rings. The number of benzene rings is 1. The topological polar surface area (TPSA) is 92.5 Å². The molecule has 0 bridgehead atoms. The lowest BCUT2D eigenvalue weighted by Crippen LogP contribution is -2.46. The molecule has 0 atom stereocenters. The van der Waals surface area contributed by atoms with E-state index in [0.29, 0.717) is 5.69 Å². The molecule has 0 aliphatic heterocycles. The maximum Gasteiger partial charge on any atom is 0.305 e. The lowest BCUT2D eigenvalue weighted by molar-refractivity contribution is -0.384. The fourth-order valence-electron chi connectivity index (χ4n) is 2.29. The number of nitro benzene ring substituents is 1. The van der Waals surface area contributed by atoms with Gasteiger partial charge in [0, 0.05) is 15.2 Å². The van der Waals surface area contributed by atoms with Crippen molar-refractivity contribution >= 4 is 39.9 Å². The smallest absolute Gasteiger partial charge is 0.305 e. The summed E-state index contributed by atoms with van der Waals surface area (Å²) in [6, 6.07) is 4.89. The zero-order chi connectivity index (χ0) is 14.0. The number of carboxylic acid groups (broad SMARTS) is 1. The summed E-state index contributed by atoms with van der Waals surface area (Å²) >= 11 is 2.01. The zero-order valence-corrected chi connectivity index (χ0v) is 12.2. The first-order valence-corrected chi connectivity index (χ1v) is 6.94. The highest BCUT2D eigenvalue weighted by Crippen LogP contribution is 2.40. The van der Waals surface area contributed by atoms with Crippen LogP contribution >= 0.6 is 22.6 Å². The standard InChI is InChI=1S/C12H13IN2O4/c13-8-2-3-9(10(6-8)15(18)19)14-12(4-1-5-12)7-11(16)17/h2-3,6,14H,1,4-5,7H2,(H,16,17). The van der Waals surface area contributed by atoms with Crippen molar-refractivity contribution in [1.82, 2.24) is 0 Å². The number of carbonyl (C=O) groups is 1. The van der Waals surface area contributed by atoms with Gasteiger partial charge in [0.15, 0.2) is 0 Å². The van der Waals surface area contributed by atoms with Crippen molar-refractivity contribution in [1.29, 1.82) is 0 Å². The highest BCUT2D eigenvalue weighted by atomic mass is 127. The summed E-state index contributed by atoms with van der Waals surface area (Å²) in [5, 5.41) is 23.0. The molecule has 0 unspecified atom stereocenters. The Labute approximate surface area is 123 Å². The Kier molecular flexibility index (Phi) is 3.93. The van der Waals surface area contributed by atoms with Crippen LogP contribution in [0.4, 0.5) is 11.4 Å². The van der Waals surface area contributed by atoms with Gasteiger partial charge in [0.1, 0.15) is 5.69 Å². The third kappa shape index (κ3) is 3.14. The Morgan fingerprint density at radius 1 is 1.53 bits per heavy atom. The van der Waals surface area contributed by atoms with Gasteiger partial charge in [-0.1, -0.05) is 0 Å². The van der Waals surface area contributed by atoms with Crippen molar-refractivity contribution in [3.05, 3.63) is 31.9 Å². The van der Waals surface area contributed by atoms with Gasteiger partial charge in [-0.05, 0) is 54.0 Å². The first kappa shape index (κ1) is 14.0. The van der Waals surface area contributed by atoms with E-state index in [1.807, 2.05) is 22.6 Å². The molecule has 2 N–H and O–H groups in total. The second-order valence-corrected chi connectivity index (χ2v) is 5.99. The molecule has 1 aliphatic carbocycles. The predicted octanol–water partition coefficient (Wildman–Crippen LogP) is 3.01. The summed E-state index contributed by atoms with van der Waals surface area (Å²) in [6.07, 6.45) is 2.37. The molecule has 0 amide bonds. The van der Waals surface area contributed by atoms with E-state index in [4.69, 9.17) is 5.11 Å². The number of anilines is 1. The Balaban J connectivity index is 2.27. The van der Waals surface area contributed by atoms with Crippen LogP contribution in [-0.4, -0.2) is 21.5 Å². The van der Waals surface area contributed by atoms with Crippen molar-refractivity contribution in [2.75, 3.05) is 5.32 Å². The summed E-state index contributed by atoms with van der Waals surface area (Å²) in [7, 11) is 0. The van der Waals surface area contributed by atoms with Gasteiger partial charge >= 0.3 is 5.97 Å². The SMILES string of the molecule is O=C(O)CC1(Nc2ccc(I)cc2[N+](=O)[O-])CCC1. The summed E-state index contributed by atoms with van der Waals surface area (Å²) in [5.74, 6) is -0.889. The minimum absolute atomic E-state index is 0.0106. The molecule has 1 aliphatic rings. The van der Waals surface area contributed by atoms with E-state index in [1.165, 1.54) is 6.07 Å². The molecule has 1 saturated carbocycles. The fraction of sp³-hybridized carbons (Fsp3) is 0.417. The third-order valence-electron chi connectivity index (χ3n) is 3.36. The number of rotatable bonds is 5. The third-order valence-corrected chi connectivity index (χ3v) is 4.03. The maximum atomic E-state index is 11.0. The molecule has 19 heavy (non-hydrogen) atoms. The highest BCUT2D eigenvalue weighted by Gasteiger charge is 2.40. The van der Waals surface area contributed by atoms with E-state index in [9.17, 15) is 14.9 Å². The summed E-state index contributed by atoms with van der Waals surface area (Å²) in [4.78, 5) is 21.5. The lowest BCUT2D eigenvalue weighted by atomic mass is 9.74. The van der Waals surface area contributed by atoms with E-state index in [0.717, 1.165) is 22.8 Å². The Morgan fingerprint density at radius 3 is 2.68 bits per heavy atom. The van der Waals surface area contributed by atoms with Crippen LogP contribution in [0.3, 0.4) is 0 Å². The van der Waals surface area contributed by atoms with Crippen molar-refractivity contribution in [3.63, 3.8) is 0 Å². The average molecular weight is 376 g/mol. The predicted molar refractivity (Wildman–Crippen MR) is 78.3 cm³/mol. The number of halogens is 1. The molecule has 1 aromatic rings. The van der Waals surface area contributed by atoms with Crippen LogP contribution in [0.2, 0.25) is 0 Å². The largest absolute Gasteiger partial charge is 0.481 e. The van der Waals surface area contributed by atoms with E-state index in [2.05, 4.69) is 5.32 Å². The van der Waals surface area contributed by atoms with Crippen LogP contribution in [0.1, 0.15) is 25.7 Å². The average Bonchev–Trinajstić information content (AvgIpc) is 2.27. The summed E-state index contributed by atoms with van der Waals surface area (Å²) in [6.45, 7) is 0. The number of nitro groups is 1. The van der Waals surface area contributed by atoms with Gasteiger partial charge in [-0.15, -0.1) is 0 Å². The van der Waals surface area contributed by atoms with Gasteiger partial charge in [0.2, 0.25) is 0 Å². The van der Waals surface area contributed by atoms with Crippen molar-refractivity contribution in [2.45, 2.75) is 31.2 Å². The molecule has 0 radical (unpaired) electrons. The highest BCUT2D eigenvalue weighted by molar-refractivity contribution is 14.1. The van der Waals surface area contributed by atoms with Crippen molar-refractivity contribution in [3.8, 4) is 0 Å². The van der Waals surface area contributed by atoms with Gasteiger partial charge in [-0.25, -0.2) is 0 Å². The number of hydrogen-bond donors (Lipinski definition) is 2. The first-order valence-electron chi connectivity index (χ1n) is 5.86. The fourth-order valence-corrected chi connectivity index (χ4v) is 2.76. The van der Waals surface area contributed by atoms with Crippen LogP contribution < -0.4 is 5.32 Å². The number of nitrogens with zero attached hydrogens (tertiary/aromatic N) is 1. The van der Waals surface area contributed by atoms with Crippen LogP contribution in [0, 0.1) is 13.7 Å². The van der Waals surface area contributed by atoms with E-state index >= 15 is 0 Å². The van der Waals surface area contributed by atoms with Crippen LogP contribution in [0.15, 0.2) is 18.2 Å². The molecular weight excluding hydrogens is 363 g/mol. The Morgan fingerprint density at radius 2 is 2.21 bits per heavy atom. The van der Waals surface area contributed by atoms with Crippen LogP contribution in [0.25, 0.3) is 0 Å². The van der Waals surface area contributed by atoms with Gasteiger partial charge in [0.05, 0.1) is 11.3 Å². The van der Waals surface area contributed by atoms with Crippen molar-refractivity contribution < 1.29 is 14.8 Å². The second-order valence-electron chi connectivity index (χ2n) is 4.75. The minimum Gasteiger partial charge on any atom is -0.481 e. The minimum atomic E-state index is -0.889. The molecular formula is C12H13IN2O4. The van der Waals surface area contributed by atoms with Gasteiger partial charge in [0.25, 0.3) is 5.69 Å². The van der Waals surface area contributed by atoms with Crippen LogP contribution in [-0.2, 0) is 4.79 Å². The molecule has 0 spiro atoms. The molecule has 6 nitrogen and oxygen atoms in total. The van der Waals surface area contributed by atoms with Gasteiger partial charge in [-0.3, -0.25) is 14.9 Å². The number of carboxylic acids is 1. The molecule has 2 rings (SSSR count). The Hall–Kier alpha value is -1.38. The van der Waals surface area contributed by atoms with E-state index in [1.54, 1.807) is 12.1 Å². The summed E-state index contributed by atoms with van der Waals surface area (Å²) < 4.78 is 0.774. The molecule has 7 heteroatoms. The Bertz CT molecular complexity index is 528. The number of hydrogen-bond acceptors (Lipinski definition) is 4. The van der Waals surface area contributed by atoms with Crippen molar-refractivity contribution in [2.24, 2.45) is 0 Å². The van der Waals surface area contributed by atoms with Gasteiger partial charge in [-0.2, -0.15) is 0 Å². The number of aliphatic carboxylic acids is 1. The van der Waals surface area contributed by atoms with E-state index in [-0.39, 0.29) is 12.1 Å². The van der Waals surface area contributed by atoms with Gasteiger partial charge < -0.3 is 10.4 Å². The summed E-state index contributed by atoms with van der Waals surface area (Å²) in [5.41, 5.74) is -0.154. The number of nitrogens with one attached hydrogen (secondary N) is 1. The van der Waals surface area contributed by atoms with E-state index < -0.39 is 16.4 Å².